The number of hydrogen-bond donors (Lipinski definition) is 1. The van der Waals surface area contributed by atoms with Gasteiger partial charge in [-0.05, 0) is 31.0 Å². The molecule has 1 aliphatic heterocycles. The molecule has 0 unspecified atom stereocenters. The number of phenolic OH excluding ortho intramolecular Hbond substituents is 1. The monoisotopic (exact) mass is 221 g/mol. The molecule has 0 aromatic heterocycles. The van der Waals surface area contributed by atoms with Crippen molar-refractivity contribution in [2.24, 2.45) is 0 Å². The third-order valence-electron chi connectivity index (χ3n) is 2.82. The Balaban J connectivity index is 2.22. The van der Waals surface area contributed by atoms with Crippen LogP contribution in [0.25, 0.3) is 0 Å². The van der Waals surface area contributed by atoms with E-state index < -0.39 is 0 Å². The molecular weight excluding hydrogens is 206 g/mol. The van der Waals surface area contributed by atoms with E-state index in [1.54, 1.807) is 12.1 Å². The molecule has 16 heavy (non-hydrogen) atoms. The van der Waals surface area contributed by atoms with Gasteiger partial charge in [0.2, 0.25) is 0 Å². The Morgan fingerprint density at radius 3 is 2.69 bits per heavy atom. The van der Waals surface area contributed by atoms with E-state index >= 15 is 0 Å². The molecule has 1 aromatic carbocycles. The fourth-order valence-corrected chi connectivity index (χ4v) is 1.91. The SMILES string of the molecule is COc1cc(C(=O)N2CCCC2)ccc1O. The number of rotatable bonds is 2. The average molecular weight is 221 g/mol. The van der Waals surface area contributed by atoms with Crippen LogP contribution in [-0.4, -0.2) is 36.1 Å². The first-order valence-corrected chi connectivity index (χ1v) is 5.38. The first kappa shape index (κ1) is 10.8. The predicted octanol–water partition coefficient (Wildman–Crippen LogP) is 1.64. The second kappa shape index (κ2) is 4.43. The van der Waals surface area contributed by atoms with Crippen LogP contribution in [0.2, 0.25) is 0 Å². The van der Waals surface area contributed by atoms with E-state index in [4.69, 9.17) is 4.74 Å². The van der Waals surface area contributed by atoms with Crippen molar-refractivity contribution in [2.75, 3.05) is 20.2 Å². The van der Waals surface area contributed by atoms with E-state index in [9.17, 15) is 9.90 Å². The van der Waals surface area contributed by atoms with Crippen LogP contribution in [-0.2, 0) is 0 Å². The average Bonchev–Trinajstić information content (AvgIpc) is 2.82. The zero-order chi connectivity index (χ0) is 11.5. The van der Waals surface area contributed by atoms with Gasteiger partial charge in [-0.2, -0.15) is 0 Å². The van der Waals surface area contributed by atoms with Crippen LogP contribution in [0.1, 0.15) is 23.2 Å². The van der Waals surface area contributed by atoms with E-state index in [1.165, 1.54) is 13.2 Å². The van der Waals surface area contributed by atoms with Crippen LogP contribution in [0.4, 0.5) is 0 Å². The van der Waals surface area contributed by atoms with Gasteiger partial charge in [-0.3, -0.25) is 4.79 Å². The van der Waals surface area contributed by atoms with Gasteiger partial charge in [-0.1, -0.05) is 0 Å². The van der Waals surface area contributed by atoms with Crippen LogP contribution in [0, 0.1) is 0 Å². The lowest BCUT2D eigenvalue weighted by Crippen LogP contribution is -2.27. The van der Waals surface area contributed by atoms with Gasteiger partial charge in [-0.15, -0.1) is 0 Å². The number of nitrogens with zero attached hydrogens (tertiary/aromatic N) is 1. The molecule has 1 saturated heterocycles. The van der Waals surface area contributed by atoms with Crippen LogP contribution in [0.15, 0.2) is 18.2 Å². The number of aromatic hydroxyl groups is 1. The van der Waals surface area contributed by atoms with Crippen LogP contribution < -0.4 is 4.74 Å². The Bertz CT molecular complexity index is 397. The smallest absolute Gasteiger partial charge is 0.253 e. The highest BCUT2D eigenvalue weighted by Crippen LogP contribution is 2.27. The minimum Gasteiger partial charge on any atom is -0.504 e. The van der Waals surface area contributed by atoms with Gasteiger partial charge in [0, 0.05) is 18.7 Å². The molecule has 1 aromatic rings. The number of carbonyl (C=O) groups is 1. The molecule has 4 heteroatoms. The summed E-state index contributed by atoms with van der Waals surface area (Å²) in [6, 6.07) is 4.69. The second-order valence-electron chi connectivity index (χ2n) is 3.89. The van der Waals surface area contributed by atoms with Gasteiger partial charge >= 0.3 is 0 Å². The van der Waals surface area contributed by atoms with Crippen LogP contribution in [0.3, 0.4) is 0 Å². The summed E-state index contributed by atoms with van der Waals surface area (Å²) in [6.45, 7) is 1.64. The van der Waals surface area contributed by atoms with Crippen molar-refractivity contribution < 1.29 is 14.6 Å². The fourth-order valence-electron chi connectivity index (χ4n) is 1.91. The summed E-state index contributed by atoms with van der Waals surface area (Å²) in [4.78, 5) is 13.8. The largest absolute Gasteiger partial charge is 0.504 e. The molecule has 1 fully saturated rings. The molecule has 1 heterocycles. The van der Waals surface area contributed by atoms with Crippen molar-refractivity contribution in [3.05, 3.63) is 23.8 Å². The number of likely N-dealkylation sites (tertiary alicyclic amines) is 1. The molecule has 0 radical (unpaired) electrons. The summed E-state index contributed by atoms with van der Waals surface area (Å²) in [6.07, 6.45) is 2.14. The minimum atomic E-state index is 0.0100. The maximum Gasteiger partial charge on any atom is 0.253 e. The topological polar surface area (TPSA) is 49.8 Å². The zero-order valence-electron chi connectivity index (χ0n) is 9.27. The third-order valence-corrected chi connectivity index (χ3v) is 2.82. The molecule has 0 bridgehead atoms. The van der Waals surface area contributed by atoms with E-state index in [1.807, 2.05) is 4.90 Å². The summed E-state index contributed by atoms with van der Waals surface area (Å²) in [5, 5.41) is 9.43. The number of amides is 1. The van der Waals surface area contributed by atoms with Crippen LogP contribution >= 0.6 is 0 Å². The number of ether oxygens (including phenoxy) is 1. The van der Waals surface area contributed by atoms with Crippen molar-refractivity contribution in [1.29, 1.82) is 0 Å². The summed E-state index contributed by atoms with van der Waals surface area (Å²) in [7, 11) is 1.47. The third kappa shape index (κ3) is 1.96. The lowest BCUT2D eigenvalue weighted by Gasteiger charge is -2.15. The van der Waals surface area contributed by atoms with Gasteiger partial charge in [0.15, 0.2) is 11.5 Å². The molecular formula is C12H15NO3. The fraction of sp³-hybridized carbons (Fsp3) is 0.417. The van der Waals surface area contributed by atoms with Crippen molar-refractivity contribution in [3.8, 4) is 11.5 Å². The van der Waals surface area contributed by atoms with Gasteiger partial charge < -0.3 is 14.7 Å². The Hall–Kier alpha value is -1.71. The predicted molar refractivity (Wildman–Crippen MR) is 59.8 cm³/mol. The highest BCUT2D eigenvalue weighted by Gasteiger charge is 2.20. The summed E-state index contributed by atoms with van der Waals surface area (Å²) >= 11 is 0. The van der Waals surface area contributed by atoms with E-state index in [0.29, 0.717) is 11.3 Å². The van der Waals surface area contributed by atoms with Crippen molar-refractivity contribution >= 4 is 5.91 Å². The second-order valence-corrected chi connectivity index (χ2v) is 3.89. The number of methoxy groups -OCH3 is 1. The quantitative estimate of drug-likeness (QED) is 0.825. The minimum absolute atomic E-state index is 0.0100. The summed E-state index contributed by atoms with van der Waals surface area (Å²) < 4.78 is 4.98. The molecule has 1 N–H and O–H groups in total. The maximum absolute atomic E-state index is 12.0. The first-order chi connectivity index (χ1) is 7.72. The van der Waals surface area contributed by atoms with Crippen LogP contribution in [0.5, 0.6) is 11.5 Å². The van der Waals surface area contributed by atoms with Crippen molar-refractivity contribution in [3.63, 3.8) is 0 Å². The standard InChI is InChI=1S/C12H15NO3/c1-16-11-8-9(4-5-10(11)14)12(15)13-6-2-3-7-13/h4-5,8,14H,2-3,6-7H2,1H3. The Morgan fingerprint density at radius 2 is 2.06 bits per heavy atom. The van der Waals surface area contributed by atoms with Gasteiger partial charge in [0.1, 0.15) is 0 Å². The highest BCUT2D eigenvalue weighted by atomic mass is 16.5. The molecule has 1 aliphatic rings. The Morgan fingerprint density at radius 1 is 1.38 bits per heavy atom. The number of phenols is 1. The normalized spacial score (nSPS) is 15.2. The zero-order valence-corrected chi connectivity index (χ0v) is 9.27. The number of benzene rings is 1. The summed E-state index contributed by atoms with van der Waals surface area (Å²) in [5.74, 6) is 0.404. The lowest BCUT2D eigenvalue weighted by molar-refractivity contribution is 0.0792. The number of carbonyl (C=O) groups excluding carboxylic acids is 1. The van der Waals surface area contributed by atoms with Gasteiger partial charge in [-0.25, -0.2) is 0 Å². The van der Waals surface area contributed by atoms with E-state index in [-0.39, 0.29) is 11.7 Å². The molecule has 2 rings (SSSR count). The van der Waals surface area contributed by atoms with E-state index in [2.05, 4.69) is 0 Å². The Kier molecular flexibility index (Phi) is 2.99. The first-order valence-electron chi connectivity index (χ1n) is 5.38. The maximum atomic E-state index is 12.0. The summed E-state index contributed by atoms with van der Waals surface area (Å²) in [5.41, 5.74) is 0.566. The highest BCUT2D eigenvalue weighted by molar-refractivity contribution is 5.95. The number of hydrogen-bond acceptors (Lipinski definition) is 3. The molecule has 0 saturated carbocycles. The Labute approximate surface area is 94.4 Å². The van der Waals surface area contributed by atoms with Gasteiger partial charge in [0.25, 0.3) is 5.91 Å². The lowest BCUT2D eigenvalue weighted by atomic mass is 10.2. The molecule has 86 valence electrons. The molecule has 0 aliphatic carbocycles. The van der Waals surface area contributed by atoms with Crippen molar-refractivity contribution in [1.82, 2.24) is 4.90 Å². The molecule has 0 atom stereocenters. The molecule has 0 spiro atoms. The molecule has 1 amide bonds. The van der Waals surface area contributed by atoms with Crippen molar-refractivity contribution in [2.45, 2.75) is 12.8 Å². The van der Waals surface area contributed by atoms with E-state index in [0.717, 1.165) is 25.9 Å². The molecule has 4 nitrogen and oxygen atoms in total. The van der Waals surface area contributed by atoms with Gasteiger partial charge in [0.05, 0.1) is 7.11 Å².